The molecule has 0 bridgehead atoms. The highest BCUT2D eigenvalue weighted by Crippen LogP contribution is 2.25. The van der Waals surface area contributed by atoms with E-state index in [-0.39, 0.29) is 11.6 Å². The fraction of sp³-hybridized carbons (Fsp3) is 0.353. The van der Waals surface area contributed by atoms with Crippen LogP contribution in [0, 0.1) is 6.92 Å². The number of imidazole rings is 1. The molecule has 126 valence electrons. The van der Waals surface area contributed by atoms with Gasteiger partial charge in [0.1, 0.15) is 23.3 Å². The zero-order chi connectivity index (χ0) is 17.3. The summed E-state index contributed by atoms with van der Waals surface area (Å²) in [7, 11) is 1.58. The normalized spacial score (nSPS) is 17.1. The summed E-state index contributed by atoms with van der Waals surface area (Å²) in [4.78, 5) is 32.9. The maximum Gasteiger partial charge on any atom is 0.326 e. The number of aromatic nitrogens is 2. The lowest BCUT2D eigenvalue weighted by Gasteiger charge is -2.20. The number of carboxylic acid groups (broad SMARTS) is 1. The maximum atomic E-state index is 12.7. The Morgan fingerprint density at radius 1 is 1.42 bits per heavy atom. The van der Waals surface area contributed by atoms with Crippen LogP contribution < -0.4 is 4.74 Å². The molecule has 2 heterocycles. The second-order valence-corrected chi connectivity index (χ2v) is 5.79. The van der Waals surface area contributed by atoms with Crippen molar-refractivity contribution in [2.24, 2.45) is 0 Å². The third-order valence-electron chi connectivity index (χ3n) is 4.23. The summed E-state index contributed by atoms with van der Waals surface area (Å²) in [5.74, 6) is -0.0643. The Balaban J connectivity index is 1.91. The first-order valence-corrected chi connectivity index (χ1v) is 7.76. The van der Waals surface area contributed by atoms with E-state index in [1.54, 1.807) is 14.0 Å². The second kappa shape index (κ2) is 6.35. The smallest absolute Gasteiger partial charge is 0.326 e. The number of carbonyl (C=O) groups excluding carboxylic acids is 1. The predicted octanol–water partition coefficient (Wildman–Crippen LogP) is 2.08. The molecule has 1 amide bonds. The molecule has 2 N–H and O–H groups in total. The number of aromatic amines is 1. The molecule has 7 nitrogen and oxygen atoms in total. The number of benzene rings is 1. The van der Waals surface area contributed by atoms with Crippen molar-refractivity contribution in [3.8, 4) is 17.1 Å². The number of H-pyrrole nitrogens is 1. The Morgan fingerprint density at radius 2 is 2.21 bits per heavy atom. The lowest BCUT2D eigenvalue weighted by Crippen LogP contribution is -2.40. The van der Waals surface area contributed by atoms with E-state index in [1.165, 1.54) is 4.90 Å². The zero-order valence-electron chi connectivity index (χ0n) is 13.6. The Bertz CT molecular complexity index is 784. The summed E-state index contributed by atoms with van der Waals surface area (Å²) in [5, 5.41) is 9.25. The van der Waals surface area contributed by atoms with Crippen molar-refractivity contribution >= 4 is 11.9 Å². The number of aryl methyl sites for hydroxylation is 1. The van der Waals surface area contributed by atoms with Crippen molar-refractivity contribution in [2.75, 3.05) is 13.7 Å². The second-order valence-electron chi connectivity index (χ2n) is 5.79. The Labute approximate surface area is 139 Å². The molecule has 1 aliphatic rings. The molecule has 1 saturated heterocycles. The average molecular weight is 329 g/mol. The maximum absolute atomic E-state index is 12.7. The van der Waals surface area contributed by atoms with E-state index >= 15 is 0 Å². The molecular weight excluding hydrogens is 310 g/mol. The van der Waals surface area contributed by atoms with Gasteiger partial charge in [-0.2, -0.15) is 0 Å². The number of hydrogen-bond acceptors (Lipinski definition) is 4. The molecule has 1 aliphatic heterocycles. The molecule has 2 aromatic rings. The molecular formula is C17H19N3O4. The minimum atomic E-state index is -0.970. The third kappa shape index (κ3) is 2.84. The van der Waals surface area contributed by atoms with Crippen molar-refractivity contribution in [1.82, 2.24) is 14.9 Å². The summed E-state index contributed by atoms with van der Waals surface area (Å²) in [6.45, 7) is 2.20. The van der Waals surface area contributed by atoms with E-state index in [1.807, 2.05) is 24.3 Å². The molecule has 24 heavy (non-hydrogen) atoms. The summed E-state index contributed by atoms with van der Waals surface area (Å²) in [6, 6.07) is 6.59. The molecule has 0 spiro atoms. The number of rotatable bonds is 4. The first-order chi connectivity index (χ1) is 11.5. The molecule has 0 aliphatic carbocycles. The van der Waals surface area contributed by atoms with E-state index in [0.29, 0.717) is 36.7 Å². The first kappa shape index (κ1) is 16.0. The number of amides is 1. The van der Waals surface area contributed by atoms with Gasteiger partial charge in [0.05, 0.1) is 7.11 Å². The van der Waals surface area contributed by atoms with Crippen LogP contribution in [0.2, 0.25) is 0 Å². The predicted molar refractivity (Wildman–Crippen MR) is 87.0 cm³/mol. The van der Waals surface area contributed by atoms with E-state index in [0.717, 1.165) is 5.56 Å². The average Bonchev–Trinajstić information content (AvgIpc) is 3.21. The Hall–Kier alpha value is -2.83. The standard InChI is InChI=1S/C17H19N3O4/c1-10-14(16(21)20-8-4-7-13(20)17(22)23)19-15(18-10)11-5-3-6-12(9-11)24-2/h3,5-6,9,13H,4,7-8H2,1-2H3,(H,18,19)(H,22,23)/t13-/m0/s1. The number of methoxy groups -OCH3 is 1. The van der Waals surface area contributed by atoms with Gasteiger partial charge in [0.15, 0.2) is 0 Å². The largest absolute Gasteiger partial charge is 0.497 e. The van der Waals surface area contributed by atoms with Gasteiger partial charge in [-0.1, -0.05) is 12.1 Å². The van der Waals surface area contributed by atoms with Gasteiger partial charge < -0.3 is 19.7 Å². The highest BCUT2D eigenvalue weighted by molar-refractivity contribution is 5.96. The number of ether oxygens (including phenoxy) is 1. The lowest BCUT2D eigenvalue weighted by atomic mass is 10.2. The van der Waals surface area contributed by atoms with Crippen molar-refractivity contribution < 1.29 is 19.4 Å². The number of carboxylic acids is 1. The van der Waals surface area contributed by atoms with Gasteiger partial charge in [-0.05, 0) is 31.9 Å². The first-order valence-electron chi connectivity index (χ1n) is 7.76. The summed E-state index contributed by atoms with van der Waals surface area (Å²) < 4.78 is 5.20. The number of aliphatic carboxylic acids is 1. The third-order valence-corrected chi connectivity index (χ3v) is 4.23. The molecule has 1 aromatic carbocycles. The van der Waals surface area contributed by atoms with Crippen LogP contribution >= 0.6 is 0 Å². The van der Waals surface area contributed by atoms with Gasteiger partial charge in [0.2, 0.25) is 0 Å². The van der Waals surface area contributed by atoms with E-state index in [2.05, 4.69) is 9.97 Å². The van der Waals surface area contributed by atoms with Crippen LogP contribution in [-0.4, -0.2) is 51.5 Å². The van der Waals surface area contributed by atoms with Crippen LogP contribution in [0.3, 0.4) is 0 Å². The molecule has 1 atom stereocenters. The molecule has 7 heteroatoms. The quantitative estimate of drug-likeness (QED) is 0.895. The molecule has 0 unspecified atom stereocenters. The molecule has 0 radical (unpaired) electrons. The molecule has 1 fully saturated rings. The number of carbonyl (C=O) groups is 2. The Morgan fingerprint density at radius 3 is 2.92 bits per heavy atom. The van der Waals surface area contributed by atoms with Gasteiger partial charge in [-0.15, -0.1) is 0 Å². The van der Waals surface area contributed by atoms with Crippen molar-refractivity contribution in [1.29, 1.82) is 0 Å². The van der Waals surface area contributed by atoms with Crippen LogP contribution in [0.1, 0.15) is 29.0 Å². The van der Waals surface area contributed by atoms with Gasteiger partial charge in [0.25, 0.3) is 5.91 Å². The fourth-order valence-electron chi connectivity index (χ4n) is 2.98. The Kier molecular flexibility index (Phi) is 4.24. The monoisotopic (exact) mass is 329 g/mol. The number of nitrogens with zero attached hydrogens (tertiary/aromatic N) is 2. The van der Waals surface area contributed by atoms with E-state index in [4.69, 9.17) is 4.74 Å². The van der Waals surface area contributed by atoms with Gasteiger partial charge in [-0.25, -0.2) is 9.78 Å². The molecule has 0 saturated carbocycles. The van der Waals surface area contributed by atoms with Crippen molar-refractivity contribution in [2.45, 2.75) is 25.8 Å². The van der Waals surface area contributed by atoms with Crippen molar-refractivity contribution in [3.05, 3.63) is 35.7 Å². The highest BCUT2D eigenvalue weighted by Gasteiger charge is 2.36. The topological polar surface area (TPSA) is 95.5 Å². The van der Waals surface area contributed by atoms with Crippen LogP contribution in [0.4, 0.5) is 0 Å². The molecule has 1 aromatic heterocycles. The van der Waals surface area contributed by atoms with Crippen LogP contribution in [-0.2, 0) is 4.79 Å². The van der Waals surface area contributed by atoms with E-state index < -0.39 is 12.0 Å². The minimum Gasteiger partial charge on any atom is -0.497 e. The summed E-state index contributed by atoms with van der Waals surface area (Å²) in [6.07, 6.45) is 1.17. The zero-order valence-corrected chi connectivity index (χ0v) is 13.6. The number of likely N-dealkylation sites (tertiary alicyclic amines) is 1. The molecule has 3 rings (SSSR count). The summed E-state index contributed by atoms with van der Waals surface area (Å²) >= 11 is 0. The van der Waals surface area contributed by atoms with Crippen molar-refractivity contribution in [3.63, 3.8) is 0 Å². The van der Waals surface area contributed by atoms with Crippen LogP contribution in [0.15, 0.2) is 24.3 Å². The highest BCUT2D eigenvalue weighted by atomic mass is 16.5. The number of hydrogen-bond donors (Lipinski definition) is 2. The number of nitrogens with one attached hydrogen (secondary N) is 1. The van der Waals surface area contributed by atoms with Crippen LogP contribution in [0.25, 0.3) is 11.4 Å². The van der Waals surface area contributed by atoms with E-state index in [9.17, 15) is 14.7 Å². The van der Waals surface area contributed by atoms with Gasteiger partial charge >= 0.3 is 5.97 Å². The minimum absolute atomic E-state index is 0.265. The summed E-state index contributed by atoms with van der Waals surface area (Å²) in [5.41, 5.74) is 1.68. The lowest BCUT2D eigenvalue weighted by molar-refractivity contribution is -0.141. The fourth-order valence-corrected chi connectivity index (χ4v) is 2.98. The van der Waals surface area contributed by atoms with Crippen LogP contribution in [0.5, 0.6) is 5.75 Å². The SMILES string of the molecule is COc1cccc(-c2nc(C(=O)N3CCC[C@H]3C(=O)O)c(C)[nH]2)c1. The van der Waals surface area contributed by atoms with Gasteiger partial charge in [0, 0.05) is 17.8 Å². The van der Waals surface area contributed by atoms with Gasteiger partial charge in [-0.3, -0.25) is 4.79 Å².